The second-order valence-electron chi connectivity index (χ2n) is 7.02. The summed E-state index contributed by atoms with van der Waals surface area (Å²) in [6.45, 7) is 0.968. The van der Waals surface area contributed by atoms with Crippen molar-refractivity contribution in [1.29, 1.82) is 0 Å². The van der Waals surface area contributed by atoms with Crippen molar-refractivity contribution in [3.63, 3.8) is 0 Å². The molecule has 0 bridgehead atoms. The van der Waals surface area contributed by atoms with Crippen molar-refractivity contribution in [2.24, 2.45) is 0 Å². The van der Waals surface area contributed by atoms with E-state index in [4.69, 9.17) is 4.74 Å². The zero-order valence-corrected chi connectivity index (χ0v) is 15.3. The van der Waals surface area contributed by atoms with Crippen LogP contribution in [0, 0.1) is 0 Å². The summed E-state index contributed by atoms with van der Waals surface area (Å²) in [5.74, 6) is 0.931. The first-order valence-electron chi connectivity index (χ1n) is 9.45. The van der Waals surface area contributed by atoms with Gasteiger partial charge in [0.2, 0.25) is 0 Å². The summed E-state index contributed by atoms with van der Waals surface area (Å²) in [5, 5.41) is 4.96. The lowest BCUT2D eigenvalue weighted by Gasteiger charge is -2.24. The van der Waals surface area contributed by atoms with Gasteiger partial charge in [0.1, 0.15) is 5.75 Å². The molecular weight excluding hydrogens is 320 g/mol. The molecule has 0 fully saturated rings. The molecule has 3 nitrogen and oxygen atoms in total. The van der Waals surface area contributed by atoms with Gasteiger partial charge in [0.05, 0.1) is 7.11 Å². The average Bonchev–Trinajstić information content (AvgIpc) is 3.17. The van der Waals surface area contributed by atoms with Gasteiger partial charge in [-0.15, -0.1) is 0 Å². The lowest BCUT2D eigenvalue weighted by Crippen LogP contribution is -2.32. The maximum Gasteiger partial charge on any atom is 0.121 e. The number of hydrogen-bond acceptors (Lipinski definition) is 2. The highest BCUT2D eigenvalue weighted by Gasteiger charge is 2.16. The Morgan fingerprint density at radius 2 is 2.00 bits per heavy atom. The molecule has 4 rings (SSSR count). The van der Waals surface area contributed by atoms with E-state index in [0.29, 0.717) is 6.04 Å². The third-order valence-electron chi connectivity index (χ3n) is 5.33. The minimum Gasteiger partial charge on any atom is -0.497 e. The van der Waals surface area contributed by atoms with Gasteiger partial charge in [-0.05, 0) is 54.5 Å². The number of aromatic amines is 1. The Labute approximate surface area is 155 Å². The average molecular weight is 346 g/mol. The fourth-order valence-corrected chi connectivity index (χ4v) is 3.94. The first kappa shape index (κ1) is 16.9. The lowest BCUT2D eigenvalue weighted by molar-refractivity contribution is 0.414. The van der Waals surface area contributed by atoms with E-state index in [0.717, 1.165) is 30.7 Å². The molecule has 1 aromatic heterocycles. The van der Waals surface area contributed by atoms with Crippen molar-refractivity contribution in [3.8, 4) is 5.75 Å². The van der Waals surface area contributed by atoms with Gasteiger partial charge < -0.3 is 15.0 Å². The van der Waals surface area contributed by atoms with Crippen molar-refractivity contribution in [2.75, 3.05) is 13.7 Å². The quantitative estimate of drug-likeness (QED) is 0.663. The Hall–Kier alpha value is -2.52. The molecule has 26 heavy (non-hydrogen) atoms. The van der Waals surface area contributed by atoms with Crippen molar-refractivity contribution >= 4 is 16.5 Å². The van der Waals surface area contributed by atoms with Gasteiger partial charge in [-0.3, -0.25) is 0 Å². The lowest BCUT2D eigenvalue weighted by atomic mass is 9.92. The third-order valence-corrected chi connectivity index (χ3v) is 5.33. The normalized spacial score (nSPS) is 17.3. The van der Waals surface area contributed by atoms with Crippen molar-refractivity contribution in [3.05, 3.63) is 71.9 Å². The van der Waals surface area contributed by atoms with Crippen molar-refractivity contribution in [1.82, 2.24) is 10.3 Å². The Morgan fingerprint density at radius 1 is 1.12 bits per heavy atom. The first-order chi connectivity index (χ1) is 12.8. The molecule has 0 aliphatic carbocycles. The molecule has 2 heterocycles. The minimum atomic E-state index is 0.558. The maximum atomic E-state index is 5.45. The van der Waals surface area contributed by atoms with Crippen LogP contribution < -0.4 is 10.1 Å². The molecular formula is C23H26N2O. The minimum absolute atomic E-state index is 0.558. The molecule has 0 spiro atoms. The highest BCUT2D eigenvalue weighted by atomic mass is 16.5. The van der Waals surface area contributed by atoms with Crippen LogP contribution in [0.3, 0.4) is 0 Å². The molecule has 1 unspecified atom stereocenters. The topological polar surface area (TPSA) is 37.0 Å². The smallest absolute Gasteiger partial charge is 0.121 e. The second-order valence-corrected chi connectivity index (χ2v) is 7.02. The number of hydrogen-bond donors (Lipinski definition) is 2. The van der Waals surface area contributed by atoms with Crippen LogP contribution in [0.4, 0.5) is 0 Å². The number of rotatable bonds is 6. The van der Waals surface area contributed by atoms with Gasteiger partial charge in [-0.2, -0.15) is 0 Å². The Morgan fingerprint density at radius 3 is 2.85 bits per heavy atom. The number of H-pyrrole nitrogens is 1. The summed E-state index contributed by atoms with van der Waals surface area (Å²) in [4.78, 5) is 3.30. The highest BCUT2D eigenvalue weighted by Crippen LogP contribution is 2.27. The molecule has 0 saturated carbocycles. The number of aromatic nitrogens is 1. The van der Waals surface area contributed by atoms with Gasteiger partial charge in [0.15, 0.2) is 0 Å². The van der Waals surface area contributed by atoms with E-state index in [-0.39, 0.29) is 0 Å². The van der Waals surface area contributed by atoms with Gasteiger partial charge >= 0.3 is 0 Å². The number of benzene rings is 2. The van der Waals surface area contributed by atoms with Gasteiger partial charge in [-0.1, -0.05) is 36.4 Å². The van der Waals surface area contributed by atoms with Crippen LogP contribution in [0.5, 0.6) is 5.75 Å². The zero-order chi connectivity index (χ0) is 17.8. The molecule has 1 atom stereocenters. The molecule has 1 aliphatic heterocycles. The summed E-state index contributed by atoms with van der Waals surface area (Å²) in [5.41, 5.74) is 5.37. The largest absolute Gasteiger partial charge is 0.497 e. The van der Waals surface area contributed by atoms with Crippen LogP contribution in [0.15, 0.2) is 60.8 Å². The number of ether oxygens (including phenoxy) is 1. The number of methoxy groups -OCH3 is 1. The van der Waals surface area contributed by atoms with E-state index in [1.54, 1.807) is 7.11 Å². The fraction of sp³-hybridized carbons (Fsp3) is 0.304. The molecule has 2 aromatic carbocycles. The van der Waals surface area contributed by atoms with Gasteiger partial charge in [0, 0.05) is 35.8 Å². The molecule has 2 N–H and O–H groups in total. The van der Waals surface area contributed by atoms with Crippen LogP contribution in [-0.2, 0) is 6.42 Å². The predicted octanol–water partition coefficient (Wildman–Crippen LogP) is 4.94. The summed E-state index contributed by atoms with van der Waals surface area (Å²) in [7, 11) is 1.73. The van der Waals surface area contributed by atoms with Crippen LogP contribution >= 0.6 is 0 Å². The molecule has 0 amide bonds. The summed E-state index contributed by atoms with van der Waals surface area (Å²) in [6.07, 6.45) is 8.89. The molecule has 134 valence electrons. The van der Waals surface area contributed by atoms with E-state index in [9.17, 15) is 0 Å². The van der Waals surface area contributed by atoms with E-state index in [1.807, 2.05) is 6.20 Å². The van der Waals surface area contributed by atoms with Gasteiger partial charge in [-0.25, -0.2) is 0 Å². The highest BCUT2D eigenvalue weighted by molar-refractivity contribution is 5.84. The Bertz CT molecular complexity index is 895. The summed E-state index contributed by atoms with van der Waals surface area (Å²) >= 11 is 0. The van der Waals surface area contributed by atoms with E-state index >= 15 is 0 Å². The maximum absolute atomic E-state index is 5.45. The molecule has 3 aromatic rings. The second kappa shape index (κ2) is 7.79. The standard InChI is InChI=1S/C23H26N2O/c1-26-21-15-19(22-11-13-25-23(22)16-21)8-5-9-20-14-18(10-12-24-20)17-6-3-2-4-7-17/h2-4,6-7,10-11,13,15-16,20,24-25H,5,8-9,12,14H2,1H3. The first-order valence-corrected chi connectivity index (χ1v) is 9.45. The number of fused-ring (bicyclic) bond motifs is 1. The summed E-state index contributed by atoms with van der Waals surface area (Å²) in [6, 6.07) is 17.7. The molecule has 0 saturated heterocycles. The van der Waals surface area contributed by atoms with Crippen LogP contribution in [-0.4, -0.2) is 24.7 Å². The molecule has 0 radical (unpaired) electrons. The monoisotopic (exact) mass is 346 g/mol. The zero-order valence-electron chi connectivity index (χ0n) is 15.3. The number of aryl methyl sites for hydroxylation is 1. The Balaban J connectivity index is 1.38. The third kappa shape index (κ3) is 3.68. The predicted molar refractivity (Wildman–Crippen MR) is 109 cm³/mol. The SMILES string of the molecule is COc1cc(CCCC2CC(c3ccccc3)=CCN2)c2cc[nH]c2c1. The van der Waals surface area contributed by atoms with Crippen LogP contribution in [0.1, 0.15) is 30.4 Å². The Kier molecular flexibility index (Phi) is 5.07. The van der Waals surface area contributed by atoms with Gasteiger partial charge in [0.25, 0.3) is 0 Å². The van der Waals surface area contributed by atoms with E-state index in [2.05, 4.69) is 64.9 Å². The van der Waals surface area contributed by atoms with Crippen molar-refractivity contribution in [2.45, 2.75) is 31.7 Å². The van der Waals surface area contributed by atoms with Crippen LogP contribution in [0.2, 0.25) is 0 Å². The van der Waals surface area contributed by atoms with Crippen LogP contribution in [0.25, 0.3) is 16.5 Å². The van der Waals surface area contributed by atoms with E-state index < -0.39 is 0 Å². The molecule has 1 aliphatic rings. The summed E-state index contributed by atoms with van der Waals surface area (Å²) < 4.78 is 5.45. The number of nitrogens with one attached hydrogen (secondary N) is 2. The van der Waals surface area contributed by atoms with Crippen molar-refractivity contribution < 1.29 is 4.74 Å². The fourth-order valence-electron chi connectivity index (χ4n) is 3.94. The van der Waals surface area contributed by atoms with E-state index in [1.165, 1.54) is 34.9 Å². The molecule has 3 heteroatoms.